The molecule has 0 spiro atoms. The Morgan fingerprint density at radius 3 is 0.533 bits per heavy atom. The van der Waals surface area contributed by atoms with Crippen molar-refractivity contribution in [3.05, 3.63) is 0 Å². The molecule has 13 nitrogen and oxygen atoms in total. The Morgan fingerprint density at radius 2 is 0.533 bits per heavy atom. The van der Waals surface area contributed by atoms with Gasteiger partial charge in [-0.05, 0) is 0 Å². The van der Waals surface area contributed by atoms with Crippen molar-refractivity contribution in [2.75, 3.05) is 0 Å². The zero-order valence-corrected chi connectivity index (χ0v) is 12.0. The third-order valence-corrected chi connectivity index (χ3v) is 0. The van der Waals surface area contributed by atoms with Crippen LogP contribution in [0.2, 0.25) is 0 Å². The van der Waals surface area contributed by atoms with Crippen molar-refractivity contribution >= 4 is 10.4 Å². The molecule has 0 aliphatic rings. The summed E-state index contributed by atoms with van der Waals surface area (Å²) in [6.45, 7) is 0. The summed E-state index contributed by atoms with van der Waals surface area (Å²) in [6, 6.07) is 0. The van der Waals surface area contributed by atoms with Crippen LogP contribution < -0.4 is 0 Å². The van der Waals surface area contributed by atoms with Crippen LogP contribution in [0.25, 0.3) is 0 Å². The average molecular weight is 490 g/mol. The van der Waals surface area contributed by atoms with E-state index in [1.165, 1.54) is 0 Å². The molecule has 0 radical (unpaired) electrons. The van der Waals surface area contributed by atoms with Gasteiger partial charge in [0.1, 0.15) is 0 Å². The Morgan fingerprint density at radius 1 is 0.533 bits per heavy atom. The maximum Gasteiger partial charge on any atom is 4.00 e. The summed E-state index contributed by atoms with van der Waals surface area (Å²) in [5, 5.41) is 0. The molecule has 0 bridgehead atoms. The molecule has 0 unspecified atom stereocenters. The molecule has 0 aromatic rings. The van der Waals surface area contributed by atoms with Crippen LogP contribution in [0.1, 0.15) is 0 Å². The van der Waals surface area contributed by atoms with Crippen LogP contribution >= 0.6 is 0 Å². The van der Waals surface area contributed by atoms with Gasteiger partial charge in [-0.3, -0.25) is 8.42 Å². The molecule has 15 heavy (non-hydrogen) atoms. The number of hydrogen-bond acceptors (Lipinski definition) is 4. The first-order valence-corrected chi connectivity index (χ1v) is 2.00. The fourth-order valence-electron chi connectivity index (χ4n) is 0. The van der Waals surface area contributed by atoms with Crippen molar-refractivity contribution in [2.45, 2.75) is 0 Å². The molecule has 15 heteroatoms. The van der Waals surface area contributed by atoms with Crippen molar-refractivity contribution in [1.82, 2.24) is 0 Å². The summed E-state index contributed by atoms with van der Waals surface area (Å²) in [6.07, 6.45) is 0. The molecular weight excluding hydrogens is 472 g/mol. The SMILES string of the molecule is O.O.O.O.O.O.O.O.O.O=S(=O)([O-])[O-].[Th+4]. The van der Waals surface area contributed by atoms with Crippen LogP contribution in [-0.4, -0.2) is 66.8 Å². The van der Waals surface area contributed by atoms with E-state index < -0.39 is 10.4 Å². The summed E-state index contributed by atoms with van der Waals surface area (Å²) >= 11 is 0. The number of hydrogen-bond donors (Lipinski definition) is 0. The second-order valence-electron chi connectivity index (χ2n) is 0.408. The van der Waals surface area contributed by atoms with Crippen LogP contribution in [-0.2, 0) is 10.4 Å². The monoisotopic (exact) mass is 490 g/mol. The molecule has 0 rings (SSSR count). The van der Waals surface area contributed by atoms with Gasteiger partial charge in [-0.2, -0.15) is 0 Å². The van der Waals surface area contributed by atoms with Crippen molar-refractivity contribution in [3.8, 4) is 0 Å². The minimum Gasteiger partial charge on any atom is -0.759 e. The Kier molecular flexibility index (Phi) is 604. The molecule has 0 amide bonds. The van der Waals surface area contributed by atoms with E-state index in [1.54, 1.807) is 0 Å². The van der Waals surface area contributed by atoms with Crippen molar-refractivity contribution in [3.63, 3.8) is 0 Å². The van der Waals surface area contributed by atoms with E-state index in [4.69, 9.17) is 17.5 Å². The van der Waals surface area contributed by atoms with E-state index >= 15 is 0 Å². The zero-order valence-electron chi connectivity index (χ0n) is 7.04. The normalized spacial score (nSPS) is 3.87. The van der Waals surface area contributed by atoms with Crippen molar-refractivity contribution in [2.24, 2.45) is 0 Å². The van der Waals surface area contributed by atoms with Crippen LogP contribution in [0.15, 0.2) is 0 Å². The van der Waals surface area contributed by atoms with Gasteiger partial charge in [-0.15, -0.1) is 0 Å². The molecule has 104 valence electrons. The molecule has 0 aliphatic carbocycles. The quantitative estimate of drug-likeness (QED) is 0.235. The summed E-state index contributed by atoms with van der Waals surface area (Å²) in [5.74, 6) is 0. The standard InChI is InChI=1S/H2O4S.9H2O.Th/c1-5(2,3)4;;;;;;;;;;/h(H2,1,2,3,4);9*1H2;/q;;;;;;;;;;+4/p-2. The maximum atomic E-state index is 8.52. The summed E-state index contributed by atoms with van der Waals surface area (Å²) < 4.78 is 34.1. The molecule has 0 fully saturated rings. The van der Waals surface area contributed by atoms with Crippen molar-refractivity contribution < 1.29 is 107 Å². The first-order chi connectivity index (χ1) is 2.00. The molecule has 0 aromatic heterocycles. The molecule has 18 N–H and O–H groups in total. The smallest absolute Gasteiger partial charge is 0.759 e. The third-order valence-electron chi connectivity index (χ3n) is 0. The Bertz CT molecular complexity index is 93.7. The minimum atomic E-state index is -5.17. The topological polar surface area (TPSA) is 364 Å². The Balaban J connectivity index is -0.00000000178. The molecular formula is H18O13STh+2. The van der Waals surface area contributed by atoms with Crippen molar-refractivity contribution in [1.29, 1.82) is 0 Å². The van der Waals surface area contributed by atoms with Gasteiger partial charge in [0.15, 0.2) is 0 Å². The fourth-order valence-corrected chi connectivity index (χ4v) is 0. The summed E-state index contributed by atoms with van der Waals surface area (Å²) in [5.41, 5.74) is 0. The van der Waals surface area contributed by atoms with E-state index in [0.29, 0.717) is 0 Å². The third kappa shape index (κ3) is 3510. The Labute approximate surface area is 117 Å². The average Bonchev–Trinajstić information content (AvgIpc) is 0.722. The van der Waals surface area contributed by atoms with E-state index in [9.17, 15) is 0 Å². The Hall–Kier alpha value is 0.835. The van der Waals surface area contributed by atoms with Gasteiger partial charge >= 0.3 is 39.9 Å². The first-order valence-electron chi connectivity index (χ1n) is 0.667. The van der Waals surface area contributed by atoms with E-state index in [0.717, 1.165) is 0 Å². The van der Waals surface area contributed by atoms with E-state index in [-0.39, 0.29) is 89.2 Å². The molecule has 0 heterocycles. The summed E-state index contributed by atoms with van der Waals surface area (Å²) in [4.78, 5) is 0. The second kappa shape index (κ2) is 60.8. The largest absolute Gasteiger partial charge is 4.00 e. The predicted molar refractivity (Wildman–Crippen MR) is 43.0 cm³/mol. The van der Waals surface area contributed by atoms with E-state index in [1.807, 2.05) is 0 Å². The molecule has 0 saturated carbocycles. The van der Waals surface area contributed by atoms with E-state index in [2.05, 4.69) is 0 Å². The van der Waals surface area contributed by atoms with Gasteiger partial charge in [-0.1, -0.05) is 0 Å². The molecule has 0 aromatic carbocycles. The molecule has 0 saturated heterocycles. The van der Waals surface area contributed by atoms with Gasteiger partial charge in [0.25, 0.3) is 0 Å². The van der Waals surface area contributed by atoms with Crippen LogP contribution in [0.4, 0.5) is 0 Å². The van der Waals surface area contributed by atoms with Gasteiger partial charge in [-0.25, -0.2) is 0 Å². The number of rotatable bonds is 0. The second-order valence-corrected chi connectivity index (χ2v) is 1.22. The fraction of sp³-hybridized carbons (Fsp3) is 0. The molecule has 0 aliphatic heterocycles. The van der Waals surface area contributed by atoms with Gasteiger partial charge < -0.3 is 58.4 Å². The molecule has 0 atom stereocenters. The van der Waals surface area contributed by atoms with Gasteiger partial charge in [0.2, 0.25) is 0 Å². The van der Waals surface area contributed by atoms with Crippen LogP contribution in [0.5, 0.6) is 0 Å². The predicted octanol–water partition coefficient (Wildman–Crippen LogP) is -8.76. The first kappa shape index (κ1) is 149. The van der Waals surface area contributed by atoms with Crippen LogP contribution in [0, 0.1) is 39.9 Å². The van der Waals surface area contributed by atoms with Gasteiger partial charge in [0, 0.05) is 10.4 Å². The summed E-state index contributed by atoms with van der Waals surface area (Å²) in [7, 11) is -5.17. The minimum absolute atomic E-state index is 0. The zero-order chi connectivity index (χ0) is 4.50. The van der Waals surface area contributed by atoms with Gasteiger partial charge in [0.05, 0.1) is 0 Å². The van der Waals surface area contributed by atoms with Crippen LogP contribution in [0.3, 0.4) is 0 Å². The maximum absolute atomic E-state index is 8.52.